The summed E-state index contributed by atoms with van der Waals surface area (Å²) in [5, 5.41) is 0. The molecule has 0 bridgehead atoms. The maximum absolute atomic E-state index is 5.85. The molecule has 0 radical (unpaired) electrons. The van der Waals surface area contributed by atoms with E-state index in [0.29, 0.717) is 0 Å². The molecule has 2 nitrogen and oxygen atoms in total. The maximum Gasteiger partial charge on any atom is 0.183 e. The lowest BCUT2D eigenvalue weighted by Crippen LogP contribution is -2.45. The van der Waals surface area contributed by atoms with Crippen molar-refractivity contribution in [3.05, 3.63) is 48.6 Å². The van der Waals surface area contributed by atoms with E-state index in [-0.39, 0.29) is 0 Å². The monoisotopic (exact) mass is 262 g/mol. The number of rotatable bonds is 10. The third-order valence-corrected chi connectivity index (χ3v) is 3.27. The van der Waals surface area contributed by atoms with Crippen molar-refractivity contribution in [3.8, 4) is 0 Å². The molecular weight excluding hydrogens is 234 g/mol. The molecule has 0 aliphatic carbocycles. The summed E-state index contributed by atoms with van der Waals surface area (Å²) in [4.78, 5) is 0. The zero-order chi connectivity index (χ0) is 14.0. The first kappa shape index (κ1) is 15.9. The van der Waals surface area contributed by atoms with E-state index in [4.69, 9.17) is 4.74 Å². The Labute approximate surface area is 118 Å². The van der Waals surface area contributed by atoms with Gasteiger partial charge in [0.1, 0.15) is 6.54 Å². The molecule has 0 saturated carbocycles. The van der Waals surface area contributed by atoms with Crippen LogP contribution in [0.1, 0.15) is 31.7 Å². The maximum atomic E-state index is 5.85. The van der Waals surface area contributed by atoms with Crippen molar-refractivity contribution in [3.63, 3.8) is 0 Å². The Kier molecular flexibility index (Phi) is 7.46. The first-order chi connectivity index (χ1) is 9.20. The van der Waals surface area contributed by atoms with Crippen molar-refractivity contribution in [1.82, 2.24) is 0 Å². The van der Waals surface area contributed by atoms with Crippen LogP contribution in [0.2, 0.25) is 0 Å². The van der Waals surface area contributed by atoms with Gasteiger partial charge in [0, 0.05) is 5.56 Å². The second-order valence-corrected chi connectivity index (χ2v) is 5.48. The first-order valence-electron chi connectivity index (χ1n) is 7.26. The van der Waals surface area contributed by atoms with Crippen LogP contribution in [0.15, 0.2) is 43.0 Å². The fourth-order valence-electron chi connectivity index (χ4n) is 2.24. The molecule has 0 amide bonds. The Bertz CT molecular complexity index is 350. The van der Waals surface area contributed by atoms with E-state index >= 15 is 0 Å². The third kappa shape index (κ3) is 6.55. The summed E-state index contributed by atoms with van der Waals surface area (Å²) in [6, 6.07) is 10.6. The summed E-state index contributed by atoms with van der Waals surface area (Å²) in [5.74, 6) is 0. The number of hydrogen-bond acceptors (Lipinski definition) is 1. The van der Waals surface area contributed by atoms with E-state index in [1.807, 2.05) is 6.08 Å². The van der Waals surface area contributed by atoms with Crippen LogP contribution in [0.5, 0.6) is 0 Å². The molecule has 19 heavy (non-hydrogen) atoms. The molecule has 0 aliphatic heterocycles. The number of unbranched alkanes of at least 4 members (excludes halogenated alkanes) is 2. The van der Waals surface area contributed by atoms with E-state index in [9.17, 15) is 0 Å². The molecule has 1 rings (SSSR count). The number of quaternary nitrogens is 1. The van der Waals surface area contributed by atoms with Gasteiger partial charge in [-0.05, 0) is 12.5 Å². The Balaban J connectivity index is 2.46. The van der Waals surface area contributed by atoms with Crippen molar-refractivity contribution in [1.29, 1.82) is 0 Å². The van der Waals surface area contributed by atoms with Crippen molar-refractivity contribution >= 4 is 0 Å². The van der Waals surface area contributed by atoms with Crippen LogP contribution >= 0.6 is 0 Å². The molecule has 0 aliphatic rings. The molecule has 1 aromatic carbocycles. The largest absolute Gasteiger partial charge is 0.332 e. The number of benzene rings is 1. The van der Waals surface area contributed by atoms with Crippen LogP contribution in [0.4, 0.5) is 0 Å². The summed E-state index contributed by atoms with van der Waals surface area (Å²) in [5.41, 5.74) is 1.35. The van der Waals surface area contributed by atoms with Gasteiger partial charge in [-0.3, -0.25) is 4.48 Å². The fourth-order valence-corrected chi connectivity index (χ4v) is 2.24. The van der Waals surface area contributed by atoms with Crippen molar-refractivity contribution in [2.45, 2.75) is 32.7 Å². The normalized spacial score (nSPS) is 14.0. The molecule has 1 unspecified atom stereocenters. The lowest BCUT2D eigenvalue weighted by molar-refractivity contribution is -0.935. The van der Waals surface area contributed by atoms with Crippen molar-refractivity contribution in [2.24, 2.45) is 0 Å². The highest BCUT2D eigenvalue weighted by atomic mass is 16.5. The molecular formula is C17H28NO+. The van der Waals surface area contributed by atoms with Crippen LogP contribution < -0.4 is 0 Å². The molecule has 1 aromatic rings. The quantitative estimate of drug-likeness (QED) is 0.268. The average Bonchev–Trinajstić information content (AvgIpc) is 2.40. The Morgan fingerprint density at radius 2 is 1.95 bits per heavy atom. The smallest absolute Gasteiger partial charge is 0.183 e. The first-order valence-corrected chi connectivity index (χ1v) is 7.26. The second kappa shape index (κ2) is 8.89. The van der Waals surface area contributed by atoms with Crippen LogP contribution in [0, 0.1) is 0 Å². The Morgan fingerprint density at radius 1 is 1.21 bits per heavy atom. The standard InChI is InChI=1S/C17H28NO/c1-4-6-10-14-19-16-18(3,13-5-2)15-17-11-8-7-9-12-17/h5,7-9,11-12H,2,4,6,10,13-16H2,1,3H3/q+1. The van der Waals surface area contributed by atoms with Gasteiger partial charge >= 0.3 is 0 Å². The predicted molar refractivity (Wildman–Crippen MR) is 81.7 cm³/mol. The molecule has 2 heteroatoms. The zero-order valence-electron chi connectivity index (χ0n) is 12.5. The Hall–Kier alpha value is -1.12. The lowest BCUT2D eigenvalue weighted by atomic mass is 10.2. The van der Waals surface area contributed by atoms with Gasteiger partial charge in [0.25, 0.3) is 0 Å². The summed E-state index contributed by atoms with van der Waals surface area (Å²) >= 11 is 0. The number of hydrogen-bond donors (Lipinski definition) is 0. The minimum atomic E-state index is 0.755. The van der Waals surface area contributed by atoms with E-state index < -0.39 is 0 Å². The minimum Gasteiger partial charge on any atom is -0.332 e. The summed E-state index contributed by atoms with van der Waals surface area (Å²) < 4.78 is 6.71. The van der Waals surface area contributed by atoms with Crippen LogP contribution in [0.3, 0.4) is 0 Å². The number of nitrogens with zero attached hydrogens (tertiary/aromatic N) is 1. The summed E-state index contributed by atoms with van der Waals surface area (Å²) in [7, 11) is 2.23. The Morgan fingerprint density at radius 3 is 2.58 bits per heavy atom. The zero-order valence-corrected chi connectivity index (χ0v) is 12.5. The minimum absolute atomic E-state index is 0.755. The van der Waals surface area contributed by atoms with Gasteiger partial charge in [-0.2, -0.15) is 0 Å². The highest BCUT2D eigenvalue weighted by Crippen LogP contribution is 2.12. The molecule has 0 saturated heterocycles. The second-order valence-electron chi connectivity index (χ2n) is 5.48. The van der Waals surface area contributed by atoms with E-state index in [0.717, 1.165) is 37.3 Å². The number of ether oxygens (including phenoxy) is 1. The van der Waals surface area contributed by atoms with E-state index in [2.05, 4.69) is 50.9 Å². The number of likely N-dealkylation sites (N-methyl/N-ethyl adjacent to an activating group) is 1. The topological polar surface area (TPSA) is 9.23 Å². The van der Waals surface area contributed by atoms with Gasteiger partial charge in [0.2, 0.25) is 0 Å². The highest BCUT2D eigenvalue weighted by Gasteiger charge is 2.20. The molecule has 0 spiro atoms. The molecule has 0 N–H and O–H groups in total. The highest BCUT2D eigenvalue weighted by molar-refractivity contribution is 5.13. The van der Waals surface area contributed by atoms with Crippen molar-refractivity contribution in [2.75, 3.05) is 26.9 Å². The molecule has 0 heterocycles. The lowest BCUT2D eigenvalue weighted by Gasteiger charge is -2.33. The van der Waals surface area contributed by atoms with Gasteiger partial charge in [0.05, 0.1) is 20.2 Å². The van der Waals surface area contributed by atoms with Gasteiger partial charge in [-0.25, -0.2) is 0 Å². The van der Waals surface area contributed by atoms with Crippen molar-refractivity contribution < 1.29 is 9.22 Å². The van der Waals surface area contributed by atoms with Gasteiger partial charge in [-0.1, -0.05) is 56.7 Å². The van der Waals surface area contributed by atoms with Gasteiger partial charge < -0.3 is 4.74 Å². The van der Waals surface area contributed by atoms with Crippen LogP contribution in [-0.2, 0) is 11.3 Å². The average molecular weight is 262 g/mol. The summed E-state index contributed by atoms with van der Waals surface area (Å²) in [6.07, 6.45) is 5.64. The van der Waals surface area contributed by atoms with Gasteiger partial charge in [0.15, 0.2) is 6.73 Å². The predicted octanol–water partition coefficient (Wildman–Crippen LogP) is 3.98. The summed E-state index contributed by atoms with van der Waals surface area (Å²) in [6.45, 7) is 9.63. The van der Waals surface area contributed by atoms with Crippen LogP contribution in [-0.4, -0.2) is 31.4 Å². The molecule has 1 atom stereocenters. The van der Waals surface area contributed by atoms with E-state index in [1.165, 1.54) is 18.4 Å². The van der Waals surface area contributed by atoms with Gasteiger partial charge in [-0.15, -0.1) is 0 Å². The SMILES string of the molecule is C=CC[N+](C)(COCCCCC)Cc1ccccc1. The third-order valence-electron chi connectivity index (χ3n) is 3.27. The van der Waals surface area contributed by atoms with E-state index in [1.54, 1.807) is 0 Å². The molecule has 106 valence electrons. The fraction of sp³-hybridized carbons (Fsp3) is 0.529. The van der Waals surface area contributed by atoms with Crippen LogP contribution in [0.25, 0.3) is 0 Å². The molecule has 0 aromatic heterocycles. The molecule has 0 fully saturated rings.